The van der Waals surface area contributed by atoms with Crippen LogP contribution in [0.15, 0.2) is 52.1 Å². The molecule has 0 aliphatic rings. The first-order valence-electron chi connectivity index (χ1n) is 9.15. The van der Waals surface area contributed by atoms with Crippen LogP contribution in [-0.4, -0.2) is 45.2 Å². The molecular weight excluding hydrogens is 344 g/mol. The van der Waals surface area contributed by atoms with E-state index >= 15 is 0 Å². The van der Waals surface area contributed by atoms with Crippen molar-refractivity contribution in [3.8, 4) is 5.75 Å². The van der Waals surface area contributed by atoms with Gasteiger partial charge in [-0.3, -0.25) is 9.79 Å². The van der Waals surface area contributed by atoms with E-state index in [0.717, 1.165) is 36.7 Å². The second kappa shape index (κ2) is 11.6. The topological polar surface area (TPSA) is 87.9 Å². The molecule has 1 aromatic heterocycles. The highest BCUT2D eigenvalue weighted by molar-refractivity contribution is 5.92. The maximum atomic E-state index is 11.9. The number of hydrogen-bond acceptors (Lipinski definition) is 4. The van der Waals surface area contributed by atoms with E-state index < -0.39 is 0 Å². The van der Waals surface area contributed by atoms with Gasteiger partial charge in [0.1, 0.15) is 5.75 Å². The normalized spacial score (nSPS) is 11.1. The summed E-state index contributed by atoms with van der Waals surface area (Å²) in [6, 6.07) is 11.5. The van der Waals surface area contributed by atoms with Gasteiger partial charge in [0.15, 0.2) is 11.7 Å². The smallest absolute Gasteiger partial charge is 0.287 e. The predicted octanol–water partition coefficient (Wildman–Crippen LogP) is 2.34. The third kappa shape index (κ3) is 7.43. The summed E-state index contributed by atoms with van der Waals surface area (Å²) in [5, 5.41) is 9.31. The van der Waals surface area contributed by atoms with Crippen molar-refractivity contribution in [2.45, 2.75) is 19.8 Å². The van der Waals surface area contributed by atoms with Crippen molar-refractivity contribution in [1.29, 1.82) is 0 Å². The van der Waals surface area contributed by atoms with Gasteiger partial charge in [0.2, 0.25) is 0 Å². The lowest BCUT2D eigenvalue weighted by Gasteiger charge is -2.12. The van der Waals surface area contributed by atoms with E-state index in [2.05, 4.69) is 20.9 Å². The zero-order valence-corrected chi connectivity index (χ0v) is 16.0. The first-order valence-corrected chi connectivity index (χ1v) is 9.15. The molecule has 7 heteroatoms. The number of nitrogens with one attached hydrogen (secondary N) is 3. The van der Waals surface area contributed by atoms with Crippen LogP contribution in [0.2, 0.25) is 0 Å². The van der Waals surface area contributed by atoms with Crippen LogP contribution in [0.3, 0.4) is 0 Å². The molecule has 2 aromatic rings. The fourth-order valence-electron chi connectivity index (χ4n) is 2.39. The fraction of sp³-hybridized carbons (Fsp3) is 0.400. The molecule has 27 heavy (non-hydrogen) atoms. The number of benzene rings is 1. The molecule has 2 rings (SSSR count). The van der Waals surface area contributed by atoms with Crippen molar-refractivity contribution < 1.29 is 13.9 Å². The van der Waals surface area contributed by atoms with Crippen LogP contribution in [0.25, 0.3) is 0 Å². The van der Waals surface area contributed by atoms with Gasteiger partial charge in [0, 0.05) is 32.2 Å². The molecule has 0 spiro atoms. The molecule has 1 aromatic carbocycles. The van der Waals surface area contributed by atoms with Gasteiger partial charge >= 0.3 is 0 Å². The summed E-state index contributed by atoms with van der Waals surface area (Å²) in [5.74, 6) is 1.81. The molecule has 0 saturated heterocycles. The lowest BCUT2D eigenvalue weighted by Crippen LogP contribution is -2.39. The number of carbonyl (C=O) groups is 1. The van der Waals surface area contributed by atoms with Crippen molar-refractivity contribution in [2.24, 2.45) is 4.99 Å². The van der Waals surface area contributed by atoms with E-state index in [-0.39, 0.29) is 5.91 Å². The summed E-state index contributed by atoms with van der Waals surface area (Å²) in [4.78, 5) is 16.1. The number of para-hydroxylation sites is 1. The zero-order chi connectivity index (χ0) is 19.3. The van der Waals surface area contributed by atoms with E-state index in [1.807, 2.05) is 37.3 Å². The highest BCUT2D eigenvalue weighted by Crippen LogP contribution is 2.08. The van der Waals surface area contributed by atoms with E-state index in [4.69, 9.17) is 9.15 Å². The number of ether oxygens (including phenoxy) is 1. The van der Waals surface area contributed by atoms with Gasteiger partial charge in [0.05, 0.1) is 12.9 Å². The SMILES string of the molecule is CN=C(NCCCNC(=O)c1occc1C)NCCCOc1ccccc1. The second-order valence-corrected chi connectivity index (χ2v) is 5.98. The summed E-state index contributed by atoms with van der Waals surface area (Å²) < 4.78 is 10.8. The molecule has 1 amide bonds. The Hall–Kier alpha value is -2.96. The number of aryl methyl sites for hydroxylation is 1. The van der Waals surface area contributed by atoms with Crippen LogP contribution in [0.1, 0.15) is 29.0 Å². The van der Waals surface area contributed by atoms with Crippen LogP contribution < -0.4 is 20.7 Å². The molecule has 0 radical (unpaired) electrons. The van der Waals surface area contributed by atoms with E-state index in [0.29, 0.717) is 25.5 Å². The lowest BCUT2D eigenvalue weighted by molar-refractivity contribution is 0.0925. The summed E-state index contributed by atoms with van der Waals surface area (Å²) in [7, 11) is 1.73. The average molecular weight is 372 g/mol. The maximum Gasteiger partial charge on any atom is 0.287 e. The first kappa shape index (κ1) is 20.4. The molecule has 0 aliphatic heterocycles. The highest BCUT2D eigenvalue weighted by Gasteiger charge is 2.11. The molecule has 0 bridgehead atoms. The van der Waals surface area contributed by atoms with Crippen LogP contribution in [-0.2, 0) is 0 Å². The minimum Gasteiger partial charge on any atom is -0.494 e. The predicted molar refractivity (Wildman–Crippen MR) is 106 cm³/mol. The average Bonchev–Trinajstić information content (AvgIpc) is 3.12. The van der Waals surface area contributed by atoms with Crippen LogP contribution in [0.4, 0.5) is 0 Å². The van der Waals surface area contributed by atoms with Gasteiger partial charge in [-0.15, -0.1) is 0 Å². The van der Waals surface area contributed by atoms with Crippen molar-refractivity contribution in [3.63, 3.8) is 0 Å². The minimum absolute atomic E-state index is 0.182. The molecular formula is C20H28N4O3. The van der Waals surface area contributed by atoms with Crippen molar-refractivity contribution >= 4 is 11.9 Å². The standard InChI is InChI=1S/C20H28N4O3/c1-16-10-15-27-18(16)19(25)22-11-6-12-23-20(21-2)24-13-7-14-26-17-8-4-3-5-9-17/h3-5,8-10,15H,6-7,11-14H2,1-2H3,(H,22,25)(H2,21,23,24). The third-order valence-corrected chi connectivity index (χ3v) is 3.85. The Morgan fingerprint density at radius 3 is 2.41 bits per heavy atom. The molecule has 0 fully saturated rings. The Kier molecular flexibility index (Phi) is 8.76. The molecule has 0 atom stereocenters. The molecule has 7 nitrogen and oxygen atoms in total. The minimum atomic E-state index is -0.182. The fourth-order valence-corrected chi connectivity index (χ4v) is 2.39. The number of nitrogens with zero attached hydrogens (tertiary/aromatic N) is 1. The Labute approximate surface area is 160 Å². The maximum absolute atomic E-state index is 11.9. The Balaban J connectivity index is 1.51. The van der Waals surface area contributed by atoms with Gasteiger partial charge < -0.3 is 25.1 Å². The largest absolute Gasteiger partial charge is 0.494 e. The first-order chi connectivity index (χ1) is 13.2. The Bertz CT molecular complexity index is 713. The molecule has 0 unspecified atom stereocenters. The summed E-state index contributed by atoms with van der Waals surface area (Å²) in [6.45, 7) is 4.53. The number of hydrogen-bond donors (Lipinski definition) is 3. The highest BCUT2D eigenvalue weighted by atomic mass is 16.5. The van der Waals surface area contributed by atoms with E-state index in [9.17, 15) is 4.79 Å². The van der Waals surface area contributed by atoms with Crippen LogP contribution in [0.5, 0.6) is 5.75 Å². The molecule has 146 valence electrons. The number of aliphatic imine (C=N–C) groups is 1. The number of carbonyl (C=O) groups excluding carboxylic acids is 1. The summed E-state index contributed by atoms with van der Waals surface area (Å²) >= 11 is 0. The Morgan fingerprint density at radius 1 is 1.04 bits per heavy atom. The van der Waals surface area contributed by atoms with Gasteiger partial charge in [-0.1, -0.05) is 18.2 Å². The second-order valence-electron chi connectivity index (χ2n) is 5.98. The van der Waals surface area contributed by atoms with Crippen molar-refractivity contribution in [2.75, 3.05) is 33.3 Å². The molecule has 0 saturated carbocycles. The molecule has 3 N–H and O–H groups in total. The summed E-state index contributed by atoms with van der Waals surface area (Å²) in [5.41, 5.74) is 0.839. The van der Waals surface area contributed by atoms with Crippen LogP contribution >= 0.6 is 0 Å². The zero-order valence-electron chi connectivity index (χ0n) is 16.0. The number of amides is 1. The quantitative estimate of drug-likeness (QED) is 0.338. The molecule has 0 aliphatic carbocycles. The van der Waals surface area contributed by atoms with E-state index in [1.165, 1.54) is 6.26 Å². The van der Waals surface area contributed by atoms with Gasteiger partial charge in [-0.05, 0) is 38.0 Å². The number of rotatable bonds is 10. The van der Waals surface area contributed by atoms with Gasteiger partial charge in [-0.2, -0.15) is 0 Å². The van der Waals surface area contributed by atoms with Gasteiger partial charge in [-0.25, -0.2) is 0 Å². The molecule has 1 heterocycles. The Morgan fingerprint density at radius 2 is 1.74 bits per heavy atom. The lowest BCUT2D eigenvalue weighted by atomic mass is 10.2. The van der Waals surface area contributed by atoms with Crippen LogP contribution in [0, 0.1) is 6.92 Å². The van der Waals surface area contributed by atoms with E-state index in [1.54, 1.807) is 13.1 Å². The van der Waals surface area contributed by atoms with Gasteiger partial charge in [0.25, 0.3) is 5.91 Å². The number of guanidine groups is 1. The summed E-state index contributed by atoms with van der Waals surface area (Å²) in [6.07, 6.45) is 3.17. The van der Waals surface area contributed by atoms with Crippen molar-refractivity contribution in [3.05, 3.63) is 54.0 Å². The van der Waals surface area contributed by atoms with Crippen molar-refractivity contribution in [1.82, 2.24) is 16.0 Å². The number of furan rings is 1. The third-order valence-electron chi connectivity index (χ3n) is 3.85. The monoisotopic (exact) mass is 372 g/mol.